The average Bonchev–Trinajstić information content (AvgIpc) is 2.90. The fraction of sp³-hybridized carbons (Fsp3) is 0.368. The number of ether oxygens (including phenoxy) is 1. The number of hydrogen-bond donors (Lipinski definition) is 1. The van der Waals surface area contributed by atoms with Gasteiger partial charge in [0, 0.05) is 6.42 Å². The maximum Gasteiger partial charge on any atom is 0.123 e. The molecule has 0 aromatic heterocycles. The summed E-state index contributed by atoms with van der Waals surface area (Å²) < 4.78 is 6.02. The molecule has 2 N–H and O–H groups in total. The summed E-state index contributed by atoms with van der Waals surface area (Å²) in [6.07, 6.45) is 2.02. The molecule has 3 rings (SSSR count). The Morgan fingerprint density at radius 2 is 1.95 bits per heavy atom. The number of hydrogen-bond acceptors (Lipinski definition) is 2. The molecule has 0 saturated heterocycles. The van der Waals surface area contributed by atoms with Crippen LogP contribution in [-0.4, -0.2) is 6.10 Å². The fourth-order valence-electron chi connectivity index (χ4n) is 3.02. The number of para-hydroxylation sites is 1. The number of benzene rings is 2. The van der Waals surface area contributed by atoms with Crippen molar-refractivity contribution in [2.75, 3.05) is 0 Å². The Balaban J connectivity index is 1.76. The lowest BCUT2D eigenvalue weighted by Crippen LogP contribution is -2.30. The lowest BCUT2D eigenvalue weighted by atomic mass is 9.95. The Morgan fingerprint density at radius 3 is 2.71 bits per heavy atom. The summed E-state index contributed by atoms with van der Waals surface area (Å²) in [5.41, 5.74) is 10.2. The van der Waals surface area contributed by atoms with E-state index in [4.69, 9.17) is 10.5 Å². The van der Waals surface area contributed by atoms with Crippen LogP contribution < -0.4 is 10.5 Å². The Labute approximate surface area is 126 Å². The minimum Gasteiger partial charge on any atom is -0.488 e. The Hall–Kier alpha value is -1.80. The molecule has 21 heavy (non-hydrogen) atoms. The molecule has 2 unspecified atom stereocenters. The van der Waals surface area contributed by atoms with E-state index in [0.717, 1.165) is 18.6 Å². The second kappa shape index (κ2) is 5.90. The van der Waals surface area contributed by atoms with Gasteiger partial charge >= 0.3 is 0 Å². The van der Waals surface area contributed by atoms with Gasteiger partial charge in [-0.25, -0.2) is 0 Å². The van der Waals surface area contributed by atoms with E-state index in [1.165, 1.54) is 16.7 Å². The second-order valence-corrected chi connectivity index (χ2v) is 6.34. The predicted molar refractivity (Wildman–Crippen MR) is 86.5 cm³/mol. The molecule has 0 bridgehead atoms. The van der Waals surface area contributed by atoms with Crippen molar-refractivity contribution in [3.8, 4) is 5.75 Å². The minimum absolute atomic E-state index is 0.0386. The van der Waals surface area contributed by atoms with Gasteiger partial charge in [-0.05, 0) is 35.1 Å². The Bertz CT molecular complexity index is 595. The molecule has 0 saturated carbocycles. The largest absolute Gasteiger partial charge is 0.488 e. The van der Waals surface area contributed by atoms with E-state index in [1.54, 1.807) is 0 Å². The first kappa shape index (κ1) is 14.2. The standard InChI is InChI=1S/C19H23NO/c1-13(2)10-14-6-5-8-16(11-14)19(20)18-12-15-7-3-4-9-17(15)21-18/h3-9,11,13,18-19H,10,12,20H2,1-2H3. The van der Waals surface area contributed by atoms with E-state index in [2.05, 4.69) is 50.2 Å². The molecule has 0 spiro atoms. The van der Waals surface area contributed by atoms with Crippen LogP contribution in [0.25, 0.3) is 0 Å². The van der Waals surface area contributed by atoms with Gasteiger partial charge in [0.2, 0.25) is 0 Å². The number of fused-ring (bicyclic) bond motifs is 1. The summed E-state index contributed by atoms with van der Waals surface area (Å²) in [6.45, 7) is 4.48. The lowest BCUT2D eigenvalue weighted by Gasteiger charge is -2.20. The highest BCUT2D eigenvalue weighted by Crippen LogP contribution is 2.33. The van der Waals surface area contributed by atoms with Crippen molar-refractivity contribution in [1.82, 2.24) is 0 Å². The van der Waals surface area contributed by atoms with Crippen LogP contribution in [-0.2, 0) is 12.8 Å². The molecule has 2 heteroatoms. The topological polar surface area (TPSA) is 35.2 Å². The van der Waals surface area contributed by atoms with Crippen LogP contribution in [0.3, 0.4) is 0 Å². The van der Waals surface area contributed by atoms with Gasteiger partial charge in [0.15, 0.2) is 0 Å². The van der Waals surface area contributed by atoms with Gasteiger partial charge in [0.25, 0.3) is 0 Å². The molecule has 0 aliphatic carbocycles. The molecule has 2 nitrogen and oxygen atoms in total. The summed E-state index contributed by atoms with van der Waals surface area (Å²) in [4.78, 5) is 0. The smallest absolute Gasteiger partial charge is 0.123 e. The molecule has 1 aliphatic heterocycles. The minimum atomic E-state index is -0.0792. The van der Waals surface area contributed by atoms with Crippen molar-refractivity contribution < 1.29 is 4.74 Å². The van der Waals surface area contributed by atoms with Crippen molar-refractivity contribution in [3.05, 3.63) is 65.2 Å². The third-order valence-corrected chi connectivity index (χ3v) is 4.05. The summed E-state index contributed by atoms with van der Waals surface area (Å²) in [7, 11) is 0. The van der Waals surface area contributed by atoms with E-state index in [0.29, 0.717) is 5.92 Å². The van der Waals surface area contributed by atoms with Crippen LogP contribution in [0.15, 0.2) is 48.5 Å². The molecule has 2 atom stereocenters. The van der Waals surface area contributed by atoms with E-state index >= 15 is 0 Å². The van der Waals surface area contributed by atoms with Crippen LogP contribution in [0.2, 0.25) is 0 Å². The first-order valence-electron chi connectivity index (χ1n) is 7.72. The normalized spacial score (nSPS) is 18.4. The fourth-order valence-corrected chi connectivity index (χ4v) is 3.02. The van der Waals surface area contributed by atoms with Crippen molar-refractivity contribution in [2.24, 2.45) is 11.7 Å². The Kier molecular flexibility index (Phi) is 3.98. The predicted octanol–water partition coefficient (Wildman–Crippen LogP) is 3.89. The van der Waals surface area contributed by atoms with Crippen molar-refractivity contribution >= 4 is 0 Å². The van der Waals surface area contributed by atoms with Crippen LogP contribution in [0, 0.1) is 5.92 Å². The zero-order chi connectivity index (χ0) is 14.8. The quantitative estimate of drug-likeness (QED) is 0.922. The number of nitrogens with two attached hydrogens (primary N) is 1. The summed E-state index contributed by atoms with van der Waals surface area (Å²) in [5.74, 6) is 1.64. The van der Waals surface area contributed by atoms with Gasteiger partial charge in [0.05, 0.1) is 6.04 Å². The summed E-state index contributed by atoms with van der Waals surface area (Å²) in [6, 6.07) is 16.8. The maximum atomic E-state index is 6.45. The highest BCUT2D eigenvalue weighted by Gasteiger charge is 2.28. The van der Waals surface area contributed by atoms with Gasteiger partial charge < -0.3 is 10.5 Å². The third-order valence-electron chi connectivity index (χ3n) is 4.05. The highest BCUT2D eigenvalue weighted by atomic mass is 16.5. The molecule has 1 heterocycles. The zero-order valence-electron chi connectivity index (χ0n) is 12.8. The molecule has 0 fully saturated rings. The third kappa shape index (κ3) is 3.11. The zero-order valence-corrected chi connectivity index (χ0v) is 12.8. The van der Waals surface area contributed by atoms with Crippen LogP contribution >= 0.6 is 0 Å². The number of rotatable bonds is 4. The molecule has 2 aromatic rings. The van der Waals surface area contributed by atoms with E-state index in [-0.39, 0.29) is 12.1 Å². The van der Waals surface area contributed by atoms with Crippen molar-refractivity contribution in [2.45, 2.75) is 38.8 Å². The van der Waals surface area contributed by atoms with Gasteiger partial charge in [-0.15, -0.1) is 0 Å². The van der Waals surface area contributed by atoms with E-state index in [9.17, 15) is 0 Å². The maximum absolute atomic E-state index is 6.45. The van der Waals surface area contributed by atoms with Crippen LogP contribution in [0.4, 0.5) is 0 Å². The average molecular weight is 281 g/mol. The van der Waals surface area contributed by atoms with E-state index in [1.807, 2.05) is 12.1 Å². The van der Waals surface area contributed by atoms with E-state index < -0.39 is 0 Å². The lowest BCUT2D eigenvalue weighted by molar-refractivity contribution is 0.199. The van der Waals surface area contributed by atoms with Gasteiger partial charge in [0.1, 0.15) is 11.9 Å². The summed E-state index contributed by atoms with van der Waals surface area (Å²) in [5, 5.41) is 0. The van der Waals surface area contributed by atoms with Crippen LogP contribution in [0.1, 0.15) is 36.6 Å². The highest BCUT2D eigenvalue weighted by molar-refractivity contribution is 5.39. The Morgan fingerprint density at radius 1 is 1.14 bits per heavy atom. The van der Waals surface area contributed by atoms with Crippen molar-refractivity contribution in [1.29, 1.82) is 0 Å². The van der Waals surface area contributed by atoms with Crippen molar-refractivity contribution in [3.63, 3.8) is 0 Å². The molecule has 0 radical (unpaired) electrons. The monoisotopic (exact) mass is 281 g/mol. The molecular formula is C19H23NO. The van der Waals surface area contributed by atoms with Gasteiger partial charge in [-0.3, -0.25) is 0 Å². The second-order valence-electron chi connectivity index (χ2n) is 6.34. The molecule has 110 valence electrons. The molecule has 2 aromatic carbocycles. The van der Waals surface area contributed by atoms with Gasteiger partial charge in [-0.1, -0.05) is 56.3 Å². The van der Waals surface area contributed by atoms with Gasteiger partial charge in [-0.2, -0.15) is 0 Å². The SMILES string of the molecule is CC(C)Cc1cccc(C(N)C2Cc3ccccc3O2)c1. The first-order valence-corrected chi connectivity index (χ1v) is 7.72. The molecule has 0 amide bonds. The molecular weight excluding hydrogens is 258 g/mol. The van der Waals surface area contributed by atoms with Crippen LogP contribution in [0.5, 0.6) is 5.75 Å². The summed E-state index contributed by atoms with van der Waals surface area (Å²) >= 11 is 0. The molecule has 1 aliphatic rings. The first-order chi connectivity index (χ1) is 10.1.